The molecule has 4 heterocycles. The molecule has 2 aliphatic rings. The first-order chi connectivity index (χ1) is 17.7. The van der Waals surface area contributed by atoms with E-state index in [-0.39, 0.29) is 0 Å². The molecule has 1 unspecified atom stereocenters. The Kier molecular flexibility index (Phi) is 5.56. The fourth-order valence-electron chi connectivity index (χ4n) is 5.13. The number of hydrogen-bond donors (Lipinski definition) is 2. The lowest BCUT2D eigenvalue weighted by molar-refractivity contribution is 0.554. The molecule has 4 aromatic rings. The summed E-state index contributed by atoms with van der Waals surface area (Å²) in [5, 5.41) is 8.82. The van der Waals surface area contributed by atoms with Gasteiger partial charge >= 0.3 is 0 Å². The van der Waals surface area contributed by atoms with Crippen molar-refractivity contribution < 1.29 is 0 Å². The van der Waals surface area contributed by atoms with Gasteiger partial charge in [-0.15, -0.1) is 0 Å². The van der Waals surface area contributed by atoms with Gasteiger partial charge in [0.1, 0.15) is 5.69 Å². The average Bonchev–Trinajstić information content (AvgIpc) is 3.47. The molecule has 4 aromatic heterocycles. The summed E-state index contributed by atoms with van der Waals surface area (Å²) in [5.41, 5.74) is 10.7. The third-order valence-corrected chi connectivity index (χ3v) is 7.16. The van der Waals surface area contributed by atoms with Gasteiger partial charge < -0.3 is 4.98 Å². The smallest absolute Gasteiger partial charge is 0.159 e. The van der Waals surface area contributed by atoms with Crippen LogP contribution < -0.4 is 0 Å². The number of allylic oxidation sites excluding steroid dienone is 9. The summed E-state index contributed by atoms with van der Waals surface area (Å²) >= 11 is 0. The van der Waals surface area contributed by atoms with Crippen molar-refractivity contribution in [3.63, 3.8) is 0 Å². The van der Waals surface area contributed by atoms with Gasteiger partial charge in [0, 0.05) is 29.3 Å². The Balaban J connectivity index is 1.47. The normalized spacial score (nSPS) is 17.9. The molecule has 6 heteroatoms. The third kappa shape index (κ3) is 3.66. The van der Waals surface area contributed by atoms with Crippen molar-refractivity contribution in [2.75, 3.05) is 0 Å². The molecule has 0 aromatic carbocycles. The van der Waals surface area contributed by atoms with E-state index in [0.717, 1.165) is 68.9 Å². The lowest BCUT2D eigenvalue weighted by atomic mass is 9.77. The largest absolute Gasteiger partial charge is 0.339 e. The number of H-pyrrole nitrogens is 2. The summed E-state index contributed by atoms with van der Waals surface area (Å²) in [4.78, 5) is 17.7. The third-order valence-electron chi connectivity index (χ3n) is 7.16. The van der Waals surface area contributed by atoms with E-state index in [1.54, 1.807) is 0 Å². The first kappa shape index (κ1) is 22.2. The number of nitrogens with one attached hydrogen (secondary N) is 2. The van der Waals surface area contributed by atoms with E-state index in [4.69, 9.17) is 9.97 Å². The molecule has 178 valence electrons. The average molecular weight is 473 g/mol. The quantitative estimate of drug-likeness (QED) is 0.309. The zero-order valence-corrected chi connectivity index (χ0v) is 20.7. The molecular weight excluding hydrogens is 444 g/mol. The Bertz CT molecular complexity index is 1610. The predicted octanol–water partition coefficient (Wildman–Crippen LogP) is 6.92. The zero-order valence-electron chi connectivity index (χ0n) is 20.7. The van der Waals surface area contributed by atoms with Crippen molar-refractivity contribution >= 4 is 22.0 Å². The SMILES string of the molecule is C/C=C/C=C(C)\C(=C/C)c1cc2c(-c3nc4c([nH]3)C3CCC3=CC=C4c3ccncc3)n[nH]c2cn1. The minimum Gasteiger partial charge on any atom is -0.339 e. The number of aromatic amines is 2. The molecule has 6 rings (SSSR count). The predicted molar refractivity (Wildman–Crippen MR) is 145 cm³/mol. The van der Waals surface area contributed by atoms with E-state index in [0.29, 0.717) is 5.92 Å². The molecular formula is C30H28N6. The molecule has 0 bridgehead atoms. The molecule has 1 fully saturated rings. The number of fused-ring (bicyclic) bond motifs is 4. The molecule has 0 saturated heterocycles. The van der Waals surface area contributed by atoms with E-state index < -0.39 is 0 Å². The van der Waals surface area contributed by atoms with E-state index >= 15 is 0 Å². The number of hydrogen-bond acceptors (Lipinski definition) is 4. The lowest BCUT2D eigenvalue weighted by Crippen LogP contribution is -2.14. The van der Waals surface area contributed by atoms with E-state index in [9.17, 15) is 0 Å². The van der Waals surface area contributed by atoms with Gasteiger partial charge in [-0.05, 0) is 68.5 Å². The summed E-state index contributed by atoms with van der Waals surface area (Å²) in [6.07, 6.45) is 20.5. The second-order valence-corrected chi connectivity index (χ2v) is 9.26. The van der Waals surface area contributed by atoms with Gasteiger partial charge in [-0.2, -0.15) is 5.10 Å². The fourth-order valence-corrected chi connectivity index (χ4v) is 5.13. The molecule has 2 N–H and O–H groups in total. The molecule has 1 atom stereocenters. The number of rotatable bonds is 5. The van der Waals surface area contributed by atoms with Crippen LogP contribution in [0.25, 0.3) is 33.6 Å². The second kappa shape index (κ2) is 9.04. The van der Waals surface area contributed by atoms with Gasteiger partial charge in [0.05, 0.1) is 28.8 Å². The summed E-state index contributed by atoms with van der Waals surface area (Å²) in [7, 11) is 0. The first-order valence-corrected chi connectivity index (χ1v) is 12.4. The molecule has 2 aliphatic carbocycles. The van der Waals surface area contributed by atoms with Crippen LogP contribution in [0.15, 0.2) is 84.4 Å². The number of aromatic nitrogens is 6. The van der Waals surface area contributed by atoms with Crippen LogP contribution in [0.1, 0.15) is 62.2 Å². The Morgan fingerprint density at radius 3 is 2.72 bits per heavy atom. The minimum absolute atomic E-state index is 0.383. The van der Waals surface area contributed by atoms with Crippen LogP contribution >= 0.6 is 0 Å². The molecule has 0 radical (unpaired) electrons. The van der Waals surface area contributed by atoms with Gasteiger partial charge in [-0.1, -0.05) is 42.0 Å². The van der Waals surface area contributed by atoms with Crippen LogP contribution in [-0.4, -0.2) is 30.1 Å². The summed E-state index contributed by atoms with van der Waals surface area (Å²) in [6, 6.07) is 6.19. The zero-order chi connectivity index (χ0) is 24.6. The topological polar surface area (TPSA) is 83.1 Å². The summed E-state index contributed by atoms with van der Waals surface area (Å²) < 4.78 is 0. The van der Waals surface area contributed by atoms with Crippen molar-refractivity contribution in [3.05, 3.63) is 107 Å². The van der Waals surface area contributed by atoms with Crippen molar-refractivity contribution in [2.45, 2.75) is 39.5 Å². The van der Waals surface area contributed by atoms with Crippen LogP contribution in [0.2, 0.25) is 0 Å². The molecule has 0 amide bonds. The fraction of sp³-hybridized carbons (Fsp3) is 0.200. The van der Waals surface area contributed by atoms with Gasteiger partial charge in [0.15, 0.2) is 5.82 Å². The molecule has 0 spiro atoms. The van der Waals surface area contributed by atoms with E-state index in [2.05, 4.69) is 57.5 Å². The van der Waals surface area contributed by atoms with Gasteiger partial charge in [-0.25, -0.2) is 4.98 Å². The Morgan fingerprint density at radius 1 is 1.11 bits per heavy atom. The lowest BCUT2D eigenvalue weighted by Gasteiger charge is -2.28. The standard InChI is InChI=1S/C30H28N6/c1-4-6-7-18(3)21(5-2)25-16-24-26(17-32-25)35-36-29(24)30-33-27-22-10-8-19(22)9-11-23(28(27)34-30)20-12-14-31-15-13-20/h4-7,9,11-17,22H,8,10H2,1-3H3,(H,33,34)(H,35,36)/b6-4+,18-7-,21-5+. The van der Waals surface area contributed by atoms with Crippen LogP contribution in [0, 0.1) is 0 Å². The number of pyridine rings is 2. The first-order valence-electron chi connectivity index (χ1n) is 12.4. The number of imidazole rings is 1. The minimum atomic E-state index is 0.383. The number of nitrogens with zero attached hydrogens (tertiary/aromatic N) is 4. The summed E-state index contributed by atoms with van der Waals surface area (Å²) in [5.74, 6) is 1.16. The van der Waals surface area contributed by atoms with Crippen LogP contribution in [-0.2, 0) is 0 Å². The highest BCUT2D eigenvalue weighted by Gasteiger charge is 2.33. The maximum absolute atomic E-state index is 5.13. The summed E-state index contributed by atoms with van der Waals surface area (Å²) in [6.45, 7) is 6.17. The van der Waals surface area contributed by atoms with Crippen molar-refractivity contribution in [1.82, 2.24) is 30.1 Å². The van der Waals surface area contributed by atoms with Gasteiger partial charge in [-0.3, -0.25) is 15.1 Å². The van der Waals surface area contributed by atoms with Gasteiger partial charge in [0.25, 0.3) is 0 Å². The maximum Gasteiger partial charge on any atom is 0.159 e. The van der Waals surface area contributed by atoms with E-state index in [1.165, 1.54) is 11.3 Å². The van der Waals surface area contributed by atoms with Crippen LogP contribution in [0.4, 0.5) is 0 Å². The monoisotopic (exact) mass is 472 g/mol. The Labute approximate surface area is 210 Å². The van der Waals surface area contributed by atoms with Crippen LogP contribution in [0.5, 0.6) is 0 Å². The Morgan fingerprint density at radius 2 is 1.97 bits per heavy atom. The molecule has 36 heavy (non-hydrogen) atoms. The van der Waals surface area contributed by atoms with E-state index in [1.807, 2.05) is 56.7 Å². The molecule has 6 nitrogen and oxygen atoms in total. The van der Waals surface area contributed by atoms with Crippen molar-refractivity contribution in [2.24, 2.45) is 0 Å². The van der Waals surface area contributed by atoms with Crippen molar-refractivity contribution in [1.29, 1.82) is 0 Å². The van der Waals surface area contributed by atoms with Gasteiger partial charge in [0.2, 0.25) is 0 Å². The highest BCUT2D eigenvalue weighted by Crippen LogP contribution is 2.47. The maximum atomic E-state index is 5.13. The van der Waals surface area contributed by atoms with Crippen LogP contribution in [0.3, 0.4) is 0 Å². The van der Waals surface area contributed by atoms with Crippen molar-refractivity contribution in [3.8, 4) is 11.5 Å². The second-order valence-electron chi connectivity index (χ2n) is 9.26. The highest BCUT2D eigenvalue weighted by molar-refractivity contribution is 5.94. The molecule has 1 saturated carbocycles. The molecule has 0 aliphatic heterocycles. The Hall–Kier alpha value is -4.32. The highest BCUT2D eigenvalue weighted by atomic mass is 15.1.